The van der Waals surface area contributed by atoms with E-state index in [1.165, 1.54) is 11.8 Å². The van der Waals surface area contributed by atoms with Crippen molar-refractivity contribution < 1.29 is 48.7 Å². The third kappa shape index (κ3) is 12.3. The van der Waals surface area contributed by atoms with Crippen molar-refractivity contribution in [2.45, 2.75) is 59.3 Å². The van der Waals surface area contributed by atoms with Crippen molar-refractivity contribution in [2.75, 3.05) is 45.7 Å². The van der Waals surface area contributed by atoms with Crippen LogP contribution >= 0.6 is 23.2 Å². The molecule has 1 amide bonds. The fourth-order valence-electron chi connectivity index (χ4n) is 7.26. The van der Waals surface area contributed by atoms with Crippen LogP contribution in [0.25, 0.3) is 10.8 Å². The van der Waals surface area contributed by atoms with Gasteiger partial charge in [0.15, 0.2) is 15.4 Å². The van der Waals surface area contributed by atoms with Crippen molar-refractivity contribution in [1.29, 1.82) is 5.26 Å². The van der Waals surface area contributed by atoms with Gasteiger partial charge in [-0.05, 0) is 108 Å². The minimum atomic E-state index is -2.74. The Morgan fingerprint density at radius 2 is 1.53 bits per heavy atom. The molecule has 59 heavy (non-hydrogen) atoms. The Morgan fingerprint density at radius 3 is 2.08 bits per heavy atom. The second-order valence-electron chi connectivity index (χ2n) is 14.3. The molecule has 1 aliphatic rings. The molecule has 0 bridgehead atoms. The Kier molecular flexibility index (Phi) is 17.0. The van der Waals surface area contributed by atoms with Crippen LogP contribution < -0.4 is 0 Å². The lowest BCUT2D eigenvalue weighted by molar-refractivity contribution is -0.170. The highest BCUT2D eigenvalue weighted by Gasteiger charge is 2.41. The van der Waals surface area contributed by atoms with E-state index in [0.29, 0.717) is 33.5 Å². The van der Waals surface area contributed by atoms with E-state index in [-0.39, 0.29) is 22.3 Å². The molecular weight excluding hydrogens is 842 g/mol. The molecule has 1 aliphatic heterocycles. The van der Waals surface area contributed by atoms with Crippen molar-refractivity contribution in [2.24, 2.45) is 0 Å². The molecule has 1 fully saturated rings. The molecule has 1 saturated heterocycles. The molecule has 3 atom stereocenters. The second kappa shape index (κ2) is 21.2. The molecule has 314 valence electrons. The Hall–Kier alpha value is -4.37. The number of carboxylic acids is 3. The first-order valence-corrected chi connectivity index (χ1v) is 22.3. The minimum absolute atomic E-state index is 0.0503. The predicted octanol–water partition coefficient (Wildman–Crippen LogP) is 6.37. The van der Waals surface area contributed by atoms with E-state index >= 15 is 0 Å². The number of benzene rings is 4. The SMILES string of the molecule is CN(CC(CCN1CCC(c2ccccc2[S@+](C)[O-])CC1)c1ccc(Cl)c(Cl)c1)C(=O)c1c([S+](C)[O-])c(C#N)cc2ccccc12.O=C(O)CC(O)(CC(=O)O)C(=O)O. The number of nitrogens with zero attached hydrogens (tertiary/aromatic N) is 3. The molecule has 0 aromatic heterocycles. The lowest BCUT2D eigenvalue weighted by Crippen LogP contribution is -2.42. The van der Waals surface area contributed by atoms with Crippen LogP contribution in [-0.4, -0.2) is 114 Å². The minimum Gasteiger partial charge on any atom is -0.612 e. The maximum Gasteiger partial charge on any atom is 0.336 e. The summed E-state index contributed by atoms with van der Waals surface area (Å²) in [6.45, 7) is 3.08. The number of rotatable bonds is 15. The van der Waals surface area contributed by atoms with Gasteiger partial charge < -0.3 is 39.3 Å². The summed E-state index contributed by atoms with van der Waals surface area (Å²) in [5, 5.41) is 46.0. The molecule has 0 saturated carbocycles. The van der Waals surface area contributed by atoms with Gasteiger partial charge in [-0.3, -0.25) is 14.4 Å². The normalized spacial score (nSPS) is 15.0. The number of nitriles is 1. The van der Waals surface area contributed by atoms with Gasteiger partial charge in [0.25, 0.3) is 5.91 Å². The zero-order valence-electron chi connectivity index (χ0n) is 32.6. The number of carbonyl (C=O) groups excluding carboxylic acids is 1. The van der Waals surface area contributed by atoms with E-state index in [0.717, 1.165) is 54.7 Å². The van der Waals surface area contributed by atoms with Crippen molar-refractivity contribution in [3.63, 3.8) is 0 Å². The summed E-state index contributed by atoms with van der Waals surface area (Å²) in [6.07, 6.45) is 3.71. The molecule has 4 aromatic carbocycles. The highest BCUT2D eigenvalue weighted by atomic mass is 35.5. The number of hydrogen-bond donors (Lipinski definition) is 4. The summed E-state index contributed by atoms with van der Waals surface area (Å²) >= 11 is 10.1. The summed E-state index contributed by atoms with van der Waals surface area (Å²) in [5.41, 5.74) is -0.0114. The fraction of sp³-hybridized carbons (Fsp3) is 0.357. The van der Waals surface area contributed by atoms with Gasteiger partial charge in [-0.1, -0.05) is 71.7 Å². The number of aliphatic carboxylic acids is 3. The lowest BCUT2D eigenvalue weighted by Gasteiger charge is -2.34. The van der Waals surface area contributed by atoms with Crippen LogP contribution in [0.3, 0.4) is 0 Å². The van der Waals surface area contributed by atoms with Gasteiger partial charge in [0, 0.05) is 25.1 Å². The third-order valence-corrected chi connectivity index (χ3v) is 12.9. The van der Waals surface area contributed by atoms with Crippen LogP contribution in [0.2, 0.25) is 10.0 Å². The van der Waals surface area contributed by atoms with Crippen molar-refractivity contribution in [3.05, 3.63) is 105 Å². The number of fused-ring (bicyclic) bond motifs is 1. The van der Waals surface area contributed by atoms with Gasteiger partial charge in [0.1, 0.15) is 29.7 Å². The number of aliphatic hydroxyl groups is 1. The van der Waals surface area contributed by atoms with E-state index in [2.05, 4.69) is 17.0 Å². The monoisotopic (exact) mass is 885 g/mol. The molecular formula is C42H45Cl2N3O10S2. The quantitative estimate of drug-likeness (QED) is 0.0956. The third-order valence-electron chi connectivity index (χ3n) is 10.2. The average Bonchev–Trinajstić information content (AvgIpc) is 3.19. The van der Waals surface area contributed by atoms with Crippen LogP contribution in [-0.2, 0) is 36.7 Å². The molecule has 0 radical (unpaired) electrons. The number of carboxylic acid groups (broad SMARTS) is 3. The summed E-state index contributed by atoms with van der Waals surface area (Å²) < 4.78 is 25.2. The van der Waals surface area contributed by atoms with Gasteiger partial charge >= 0.3 is 17.9 Å². The summed E-state index contributed by atoms with van der Waals surface area (Å²) in [6, 6.07) is 24.9. The van der Waals surface area contributed by atoms with Crippen LogP contribution in [0.1, 0.15) is 71.0 Å². The van der Waals surface area contributed by atoms with E-state index < -0.39 is 58.7 Å². The predicted molar refractivity (Wildman–Crippen MR) is 226 cm³/mol. The zero-order valence-corrected chi connectivity index (χ0v) is 35.7. The number of carbonyl (C=O) groups is 4. The molecule has 2 unspecified atom stereocenters. The molecule has 5 rings (SSSR count). The number of hydrogen-bond acceptors (Lipinski definition) is 9. The Balaban J connectivity index is 0.000000509. The molecule has 17 heteroatoms. The number of likely N-dealkylation sites (N-methyl/N-ethyl adjacent to an activating group) is 1. The number of piperidine rings is 1. The number of amides is 1. The Morgan fingerprint density at radius 1 is 0.915 bits per heavy atom. The maximum atomic E-state index is 14.2. The van der Waals surface area contributed by atoms with Gasteiger partial charge in [-0.2, -0.15) is 5.26 Å². The molecule has 13 nitrogen and oxygen atoms in total. The van der Waals surface area contributed by atoms with Crippen LogP contribution in [0.4, 0.5) is 0 Å². The molecule has 0 spiro atoms. The van der Waals surface area contributed by atoms with E-state index in [1.54, 1.807) is 30.3 Å². The van der Waals surface area contributed by atoms with Crippen molar-refractivity contribution in [1.82, 2.24) is 9.80 Å². The average molecular weight is 887 g/mol. The smallest absolute Gasteiger partial charge is 0.336 e. The Bertz CT molecular complexity index is 2190. The van der Waals surface area contributed by atoms with E-state index in [4.69, 9.17) is 43.6 Å². The van der Waals surface area contributed by atoms with E-state index in [9.17, 15) is 33.5 Å². The maximum absolute atomic E-state index is 14.2. The standard InChI is InChI=1S/C36H37Cl2N3O3S2.C6H8O7/c1-40(36(42)34-30-10-5-4-8-26(30)20-28(22-39)35(34)46(3)44)23-27(25-12-13-31(37)32(38)21-25)16-19-41-17-14-24(15-18-41)29-9-6-7-11-33(29)45(2)43;7-3(8)1-6(13,5(11)12)2-4(9)10/h4-13,20-21,24,27H,14-19,23H2,1-3H3;13H,1-2H2,(H,7,8)(H,9,10)(H,11,12)/t27?,45-,46?;/m0./s1. The lowest BCUT2D eigenvalue weighted by atomic mass is 9.88. The topological polar surface area (TPSA) is 226 Å². The molecule has 4 N–H and O–H groups in total. The first kappa shape index (κ1) is 47.3. The zero-order chi connectivity index (χ0) is 43.6. The number of likely N-dealkylation sites (tertiary alicyclic amines) is 1. The van der Waals surface area contributed by atoms with Gasteiger partial charge in [-0.15, -0.1) is 0 Å². The molecule has 1 heterocycles. The van der Waals surface area contributed by atoms with Crippen molar-refractivity contribution in [3.8, 4) is 6.07 Å². The number of halogens is 2. The molecule has 0 aliphatic carbocycles. The van der Waals surface area contributed by atoms with Gasteiger partial charge in [0.2, 0.25) is 0 Å². The molecule has 4 aromatic rings. The highest BCUT2D eigenvalue weighted by molar-refractivity contribution is 7.91. The van der Waals surface area contributed by atoms with Gasteiger partial charge in [0.05, 0.1) is 22.9 Å². The summed E-state index contributed by atoms with van der Waals surface area (Å²) in [7, 11) is 1.75. The first-order valence-electron chi connectivity index (χ1n) is 18.4. The van der Waals surface area contributed by atoms with Crippen LogP contribution in [0.5, 0.6) is 0 Å². The van der Waals surface area contributed by atoms with Crippen LogP contribution in [0.15, 0.2) is 82.6 Å². The highest BCUT2D eigenvalue weighted by Crippen LogP contribution is 2.35. The largest absolute Gasteiger partial charge is 0.612 e. The summed E-state index contributed by atoms with van der Waals surface area (Å²) in [5.74, 6) is -4.97. The second-order valence-corrected chi connectivity index (χ2v) is 17.8. The fourth-order valence-corrected chi connectivity index (χ4v) is 9.30. The van der Waals surface area contributed by atoms with E-state index in [1.807, 2.05) is 54.6 Å². The first-order chi connectivity index (χ1) is 27.9. The van der Waals surface area contributed by atoms with Crippen LogP contribution in [0, 0.1) is 11.3 Å². The van der Waals surface area contributed by atoms with Gasteiger partial charge in [-0.25, -0.2) is 4.79 Å². The van der Waals surface area contributed by atoms with Crippen molar-refractivity contribution >= 4 is 80.1 Å². The summed E-state index contributed by atoms with van der Waals surface area (Å²) in [4.78, 5) is 50.0. The Labute approximate surface area is 358 Å².